The minimum absolute atomic E-state index is 0. The molecule has 0 unspecified atom stereocenters. The average molecular weight is 501 g/mol. The number of esters is 1. The van der Waals surface area contributed by atoms with Gasteiger partial charge in [0.1, 0.15) is 18.5 Å². The van der Waals surface area contributed by atoms with Crippen LogP contribution in [0, 0.1) is 25.2 Å². The van der Waals surface area contributed by atoms with Gasteiger partial charge in [0.15, 0.2) is 0 Å². The smallest absolute Gasteiger partial charge is 0.550 e. The number of hydrogen-bond donors (Lipinski definition) is 2. The molecule has 1 aliphatic carbocycles. The first-order valence-electron chi connectivity index (χ1n) is 12.5. The molecule has 1 aliphatic rings. The monoisotopic (exact) mass is 500 g/mol. The van der Waals surface area contributed by atoms with Gasteiger partial charge in [-0.05, 0) is 58.6 Å². The van der Waals surface area contributed by atoms with Crippen molar-refractivity contribution in [2.75, 3.05) is 6.61 Å². The zero-order valence-corrected chi connectivity index (χ0v) is 24.3. The number of aliphatic hydroxyl groups excluding tert-OH is 2. The van der Waals surface area contributed by atoms with Crippen molar-refractivity contribution < 1.29 is 63.9 Å². The first-order valence-corrected chi connectivity index (χ1v) is 12.5. The van der Waals surface area contributed by atoms with E-state index in [9.17, 15) is 24.9 Å². The number of aryl methyl sites for hydroxylation is 2. The standard InChI is InChI=1S/C27H42O7.Na/c1-6-27(4,5)26(32)34-25(19-10-8-7-9-11-19)22-13-17(2)12-18(3)24(22)33-16-21(29)14-20(28)15-23(30)31;/h12-13,19-21,25,28-29H,6-11,14-16H2,1-5H3,(H,30,31);/q;+1/p-1/t20-,21+,25+;/m1./s1. The van der Waals surface area contributed by atoms with E-state index in [1.54, 1.807) is 0 Å². The van der Waals surface area contributed by atoms with Gasteiger partial charge in [0, 0.05) is 30.3 Å². The van der Waals surface area contributed by atoms with Crippen LogP contribution < -0.4 is 39.4 Å². The maximum Gasteiger partial charge on any atom is 1.00 e. The molecule has 1 aromatic rings. The van der Waals surface area contributed by atoms with E-state index >= 15 is 0 Å². The topological polar surface area (TPSA) is 116 Å². The number of carbonyl (C=O) groups excluding carboxylic acids is 2. The van der Waals surface area contributed by atoms with Crippen LogP contribution in [0.4, 0.5) is 0 Å². The van der Waals surface area contributed by atoms with E-state index in [0.29, 0.717) is 12.2 Å². The molecule has 0 amide bonds. The van der Waals surface area contributed by atoms with Crippen molar-refractivity contribution >= 4 is 11.9 Å². The van der Waals surface area contributed by atoms with Crippen LogP contribution in [0.25, 0.3) is 0 Å². The van der Waals surface area contributed by atoms with Crippen LogP contribution in [0.5, 0.6) is 5.75 Å². The summed E-state index contributed by atoms with van der Waals surface area (Å²) in [6, 6.07) is 3.97. The second kappa shape index (κ2) is 14.6. The number of carboxylic acid groups (broad SMARTS) is 1. The van der Waals surface area contributed by atoms with Gasteiger partial charge in [-0.1, -0.05) is 37.8 Å². The summed E-state index contributed by atoms with van der Waals surface area (Å²) in [7, 11) is 0. The fraction of sp³-hybridized carbons (Fsp3) is 0.704. The summed E-state index contributed by atoms with van der Waals surface area (Å²) >= 11 is 0. The number of carbonyl (C=O) groups is 2. The number of ether oxygens (including phenoxy) is 2. The molecule has 192 valence electrons. The quantitative estimate of drug-likeness (QED) is 0.318. The Morgan fingerprint density at radius 3 is 2.31 bits per heavy atom. The normalized spacial score (nSPS) is 17.1. The first kappa shape index (κ1) is 31.9. The molecular formula is C27H41NaO7. The van der Waals surface area contributed by atoms with E-state index in [1.165, 1.54) is 6.42 Å². The summed E-state index contributed by atoms with van der Waals surface area (Å²) < 4.78 is 12.2. The molecule has 7 nitrogen and oxygen atoms in total. The average Bonchev–Trinajstić information content (AvgIpc) is 2.76. The largest absolute Gasteiger partial charge is 1.00 e. The molecule has 3 atom stereocenters. The summed E-state index contributed by atoms with van der Waals surface area (Å²) in [6.07, 6.45) is 2.55. The molecule has 8 heteroatoms. The Kier molecular flexibility index (Phi) is 13.3. The van der Waals surface area contributed by atoms with Crippen molar-refractivity contribution in [1.29, 1.82) is 0 Å². The number of aliphatic carboxylic acids is 1. The maximum absolute atomic E-state index is 13.1. The third-order valence-electron chi connectivity index (χ3n) is 6.87. The van der Waals surface area contributed by atoms with Gasteiger partial charge in [0.2, 0.25) is 0 Å². The van der Waals surface area contributed by atoms with Gasteiger partial charge in [0.05, 0.1) is 17.6 Å². The molecule has 0 aliphatic heterocycles. The molecule has 0 heterocycles. The van der Waals surface area contributed by atoms with Gasteiger partial charge in [-0.2, -0.15) is 0 Å². The van der Waals surface area contributed by atoms with Crippen molar-refractivity contribution in [1.82, 2.24) is 0 Å². The Labute approximate surface area is 231 Å². The van der Waals surface area contributed by atoms with E-state index in [-0.39, 0.29) is 54.5 Å². The molecule has 0 bridgehead atoms. The zero-order chi connectivity index (χ0) is 25.5. The summed E-state index contributed by atoms with van der Waals surface area (Å²) in [4.78, 5) is 23.8. The van der Waals surface area contributed by atoms with Crippen LogP contribution in [0.2, 0.25) is 0 Å². The molecule has 2 rings (SSSR count). The predicted molar refractivity (Wildman–Crippen MR) is 127 cm³/mol. The Morgan fingerprint density at radius 2 is 1.74 bits per heavy atom. The number of benzene rings is 1. The van der Waals surface area contributed by atoms with Gasteiger partial charge >= 0.3 is 35.5 Å². The Hall–Kier alpha value is -1.12. The van der Waals surface area contributed by atoms with Crippen LogP contribution in [0.3, 0.4) is 0 Å². The van der Waals surface area contributed by atoms with E-state index in [1.807, 2.05) is 46.8 Å². The number of hydrogen-bond acceptors (Lipinski definition) is 7. The molecule has 0 saturated heterocycles. The molecule has 1 saturated carbocycles. The first-order chi connectivity index (χ1) is 15.9. The SMILES string of the molecule is CCC(C)(C)C(=O)O[C@H](c1cc(C)cc(C)c1OC[C@@H](O)C[C@@H](O)CC(=O)[O-])C1CCCCC1.[Na+]. The van der Waals surface area contributed by atoms with Crippen molar-refractivity contribution in [3.05, 3.63) is 28.8 Å². The van der Waals surface area contributed by atoms with Crippen molar-refractivity contribution in [3.8, 4) is 5.75 Å². The summed E-state index contributed by atoms with van der Waals surface area (Å²) in [5, 5.41) is 30.8. The molecule has 2 N–H and O–H groups in total. The number of aliphatic hydroxyl groups is 2. The molecule has 0 spiro atoms. The van der Waals surface area contributed by atoms with Gasteiger partial charge in [-0.15, -0.1) is 0 Å². The third kappa shape index (κ3) is 9.69. The fourth-order valence-corrected chi connectivity index (χ4v) is 4.50. The zero-order valence-electron chi connectivity index (χ0n) is 22.3. The van der Waals surface area contributed by atoms with Crippen LogP contribution in [-0.2, 0) is 14.3 Å². The Balaban J connectivity index is 0.00000612. The van der Waals surface area contributed by atoms with E-state index < -0.39 is 36.1 Å². The molecule has 1 fully saturated rings. The van der Waals surface area contributed by atoms with Crippen LogP contribution >= 0.6 is 0 Å². The minimum atomic E-state index is -1.37. The fourth-order valence-electron chi connectivity index (χ4n) is 4.50. The van der Waals surface area contributed by atoms with Gasteiger partial charge in [-0.3, -0.25) is 4.79 Å². The predicted octanol–water partition coefficient (Wildman–Crippen LogP) is 0.539. The minimum Gasteiger partial charge on any atom is -0.550 e. The van der Waals surface area contributed by atoms with Crippen LogP contribution in [0.15, 0.2) is 12.1 Å². The molecule has 0 aromatic heterocycles. The van der Waals surface area contributed by atoms with Gasteiger partial charge in [-0.25, -0.2) is 0 Å². The van der Waals surface area contributed by atoms with Gasteiger partial charge < -0.3 is 29.6 Å². The van der Waals surface area contributed by atoms with Crippen LogP contribution in [-0.4, -0.2) is 41.0 Å². The number of carboxylic acids is 1. The van der Waals surface area contributed by atoms with E-state index in [0.717, 1.165) is 42.4 Å². The van der Waals surface area contributed by atoms with Crippen LogP contribution in [0.1, 0.15) is 94.9 Å². The Morgan fingerprint density at radius 1 is 1.11 bits per heavy atom. The van der Waals surface area contributed by atoms with E-state index in [4.69, 9.17) is 9.47 Å². The van der Waals surface area contributed by atoms with Gasteiger partial charge in [0.25, 0.3) is 0 Å². The van der Waals surface area contributed by atoms with Crippen molar-refractivity contribution in [3.63, 3.8) is 0 Å². The molecular weight excluding hydrogens is 459 g/mol. The molecule has 0 radical (unpaired) electrons. The second-order valence-corrected chi connectivity index (χ2v) is 10.4. The number of rotatable bonds is 12. The summed E-state index contributed by atoms with van der Waals surface area (Å²) in [5.41, 5.74) is 2.09. The molecule has 1 aromatic carbocycles. The maximum atomic E-state index is 13.1. The third-order valence-corrected chi connectivity index (χ3v) is 6.87. The van der Waals surface area contributed by atoms with E-state index in [2.05, 4.69) is 0 Å². The van der Waals surface area contributed by atoms with Crippen molar-refractivity contribution in [2.45, 2.75) is 104 Å². The Bertz CT molecular complexity index is 833. The van der Waals surface area contributed by atoms with Crippen molar-refractivity contribution in [2.24, 2.45) is 11.3 Å². The summed E-state index contributed by atoms with van der Waals surface area (Å²) in [5.74, 6) is -0.856. The second-order valence-electron chi connectivity index (χ2n) is 10.4. The summed E-state index contributed by atoms with van der Waals surface area (Å²) in [6.45, 7) is 9.53. The molecule has 35 heavy (non-hydrogen) atoms.